The van der Waals surface area contributed by atoms with E-state index in [4.69, 9.17) is 4.78 Å². The molecule has 4 atom stereocenters. The van der Waals surface area contributed by atoms with Gasteiger partial charge in [0.05, 0.1) is 22.7 Å². The number of fused-ring (bicyclic) bond motifs is 1. The maximum absolute atomic E-state index is 13.4. The van der Waals surface area contributed by atoms with E-state index in [1.807, 2.05) is 0 Å². The van der Waals surface area contributed by atoms with Crippen molar-refractivity contribution >= 4 is 21.7 Å². The normalized spacial score (nSPS) is 24.1. The van der Waals surface area contributed by atoms with E-state index in [0.29, 0.717) is 11.3 Å². The summed E-state index contributed by atoms with van der Waals surface area (Å²) >= 11 is 0. The van der Waals surface area contributed by atoms with Crippen molar-refractivity contribution < 1.29 is 23.2 Å². The summed E-state index contributed by atoms with van der Waals surface area (Å²) in [4.78, 5) is 0.158. The fourth-order valence-corrected chi connectivity index (χ4v) is 4.51. The van der Waals surface area contributed by atoms with Crippen LogP contribution >= 0.6 is 0 Å². The van der Waals surface area contributed by atoms with E-state index in [1.54, 1.807) is 19.2 Å². The number of aliphatic hydroxyl groups excluding tert-OH is 2. The second-order valence-corrected chi connectivity index (χ2v) is 8.17. The lowest BCUT2D eigenvalue weighted by Gasteiger charge is -2.17. The third-order valence-electron chi connectivity index (χ3n) is 4.32. The van der Waals surface area contributed by atoms with Crippen LogP contribution in [0.4, 0.5) is 14.5 Å². The molecule has 2 aromatic rings. The summed E-state index contributed by atoms with van der Waals surface area (Å²) in [5.74, 6) is -2.06. The fraction of sp³-hybridized carbons (Fsp3) is 0.294. The molecule has 0 spiro atoms. The highest BCUT2D eigenvalue weighted by Gasteiger charge is 2.29. The Bertz CT molecular complexity index is 1000. The van der Waals surface area contributed by atoms with E-state index in [2.05, 4.69) is 10.0 Å². The van der Waals surface area contributed by atoms with Crippen LogP contribution in [0.3, 0.4) is 0 Å². The first-order valence-electron chi connectivity index (χ1n) is 8.11. The number of halogens is 2. The molecule has 27 heavy (non-hydrogen) atoms. The molecular weight excluding hydrogens is 378 g/mol. The zero-order chi connectivity index (χ0) is 19.9. The van der Waals surface area contributed by atoms with Crippen molar-refractivity contribution in [3.8, 4) is 0 Å². The highest BCUT2D eigenvalue weighted by Crippen LogP contribution is 2.31. The quantitative estimate of drug-likeness (QED) is 0.508. The smallest absolute Gasteiger partial charge is 0.166 e. The van der Waals surface area contributed by atoms with Gasteiger partial charge in [-0.15, -0.1) is 0 Å². The molecule has 2 heterocycles. The van der Waals surface area contributed by atoms with Gasteiger partial charge in [-0.1, -0.05) is 12.2 Å². The van der Waals surface area contributed by atoms with Crippen molar-refractivity contribution in [1.29, 1.82) is 4.78 Å². The number of aryl methyl sites for hydroxylation is 1. The van der Waals surface area contributed by atoms with Crippen LogP contribution < -0.4 is 10.0 Å². The van der Waals surface area contributed by atoms with Gasteiger partial charge in [0, 0.05) is 30.6 Å². The van der Waals surface area contributed by atoms with E-state index in [9.17, 15) is 23.2 Å². The lowest BCUT2D eigenvalue weighted by Crippen LogP contribution is -2.39. The summed E-state index contributed by atoms with van der Waals surface area (Å²) in [6.45, 7) is 1.51. The zero-order valence-corrected chi connectivity index (χ0v) is 15.4. The molecule has 3 rings (SSSR count). The molecule has 0 amide bonds. The topological polar surface area (TPSA) is 110 Å². The molecule has 0 bridgehead atoms. The second-order valence-electron chi connectivity index (χ2n) is 6.38. The Balaban J connectivity index is 2.01. The van der Waals surface area contributed by atoms with Crippen molar-refractivity contribution in [2.45, 2.75) is 30.2 Å². The number of hydrogen-bond donors (Lipinski definition) is 5. The number of rotatable bonds is 4. The van der Waals surface area contributed by atoms with Gasteiger partial charge in [0.1, 0.15) is 9.92 Å². The average molecular weight is 398 g/mol. The molecule has 0 aliphatic carbocycles. The van der Waals surface area contributed by atoms with Crippen LogP contribution in [0.1, 0.15) is 24.4 Å². The summed E-state index contributed by atoms with van der Waals surface area (Å²) in [7, 11) is -1.83. The highest BCUT2D eigenvalue weighted by molar-refractivity contribution is 7.90. The Kier molecular flexibility index (Phi) is 5.08. The Hall–Kier alpha value is -2.27. The monoisotopic (exact) mass is 398 g/mol. The molecular formula is C17H20F2N4O3S. The molecule has 10 heteroatoms. The van der Waals surface area contributed by atoms with Crippen LogP contribution in [0.2, 0.25) is 0 Å². The maximum atomic E-state index is 13.4. The molecule has 0 saturated heterocycles. The summed E-state index contributed by atoms with van der Waals surface area (Å²) < 4.78 is 51.5. The number of anilines is 1. The van der Waals surface area contributed by atoms with Crippen LogP contribution in [0.5, 0.6) is 0 Å². The lowest BCUT2D eigenvalue weighted by molar-refractivity contribution is 0.175. The lowest BCUT2D eigenvalue weighted by atomic mass is 10.1. The van der Waals surface area contributed by atoms with Gasteiger partial charge in [-0.3, -0.25) is 0 Å². The van der Waals surface area contributed by atoms with Crippen molar-refractivity contribution in [3.63, 3.8) is 0 Å². The van der Waals surface area contributed by atoms with Gasteiger partial charge >= 0.3 is 0 Å². The Labute approximate surface area is 155 Å². The summed E-state index contributed by atoms with van der Waals surface area (Å²) in [5, 5.41) is 23.0. The van der Waals surface area contributed by atoms with Gasteiger partial charge in [0.25, 0.3) is 0 Å². The molecule has 1 aliphatic rings. The van der Waals surface area contributed by atoms with Crippen LogP contribution in [-0.2, 0) is 17.0 Å². The minimum atomic E-state index is -3.43. The Morgan fingerprint density at radius 3 is 2.67 bits per heavy atom. The summed E-state index contributed by atoms with van der Waals surface area (Å²) in [6.07, 6.45) is 2.38. The molecule has 0 saturated carbocycles. The number of hydrogen-bond acceptors (Lipinski definition) is 5. The summed E-state index contributed by atoms with van der Waals surface area (Å²) in [6, 6.07) is 2.42. The first-order valence-corrected chi connectivity index (χ1v) is 9.67. The number of nitrogens with one attached hydrogen (secondary N) is 3. The van der Waals surface area contributed by atoms with Crippen LogP contribution in [0.15, 0.2) is 35.4 Å². The van der Waals surface area contributed by atoms with Gasteiger partial charge in [0.2, 0.25) is 0 Å². The fourth-order valence-electron chi connectivity index (χ4n) is 2.93. The molecule has 0 fully saturated rings. The van der Waals surface area contributed by atoms with Gasteiger partial charge in [-0.2, -0.15) is 0 Å². The predicted molar refractivity (Wildman–Crippen MR) is 97.1 cm³/mol. The number of aliphatic hydroxyl groups is 2. The molecule has 1 aromatic carbocycles. The molecule has 7 nitrogen and oxygen atoms in total. The first kappa shape index (κ1) is 19.5. The van der Waals surface area contributed by atoms with Crippen LogP contribution in [0.25, 0.3) is 6.08 Å². The highest BCUT2D eigenvalue weighted by atomic mass is 32.2. The van der Waals surface area contributed by atoms with Gasteiger partial charge < -0.3 is 20.1 Å². The van der Waals surface area contributed by atoms with Crippen LogP contribution in [-0.4, -0.2) is 31.1 Å². The van der Waals surface area contributed by atoms with Crippen molar-refractivity contribution in [1.82, 2.24) is 9.29 Å². The van der Waals surface area contributed by atoms with E-state index in [1.165, 1.54) is 23.8 Å². The SMILES string of the molecule is CC(O)[C@H]1C=Cc2c(cn(C)c2C(O)Nc2ccc(F)c(F)c2)S(=N)(=O)N1. The molecule has 1 aromatic heterocycles. The predicted octanol–water partition coefficient (Wildman–Crippen LogP) is 2.09. The van der Waals surface area contributed by atoms with Crippen molar-refractivity contribution in [3.05, 3.63) is 53.4 Å². The third kappa shape index (κ3) is 3.74. The zero-order valence-electron chi connectivity index (χ0n) is 14.6. The molecule has 146 valence electrons. The van der Waals surface area contributed by atoms with Gasteiger partial charge in [0.15, 0.2) is 17.9 Å². The van der Waals surface area contributed by atoms with Crippen molar-refractivity contribution in [2.24, 2.45) is 7.05 Å². The summed E-state index contributed by atoms with van der Waals surface area (Å²) in [5.41, 5.74) is 0.801. The second kappa shape index (κ2) is 7.04. The van der Waals surface area contributed by atoms with E-state index < -0.39 is 39.9 Å². The third-order valence-corrected chi connectivity index (χ3v) is 5.86. The minimum Gasteiger partial charge on any atom is -0.391 e. The van der Waals surface area contributed by atoms with Crippen molar-refractivity contribution in [2.75, 3.05) is 5.32 Å². The van der Waals surface area contributed by atoms with Gasteiger partial charge in [-0.25, -0.2) is 22.5 Å². The van der Waals surface area contributed by atoms with Gasteiger partial charge in [-0.05, 0) is 19.1 Å². The molecule has 5 N–H and O–H groups in total. The number of aromatic nitrogens is 1. The Morgan fingerprint density at radius 1 is 1.33 bits per heavy atom. The van der Waals surface area contributed by atoms with E-state index >= 15 is 0 Å². The standard InChI is InChI=1S/C17H20F2N4O3S/c1-9(24)14-6-4-11-15(27(20,26)22-14)8-23(2)16(11)17(25)21-10-3-5-12(18)13(19)7-10/h3-9,14,17,21,24-25H,1-2H3,(H2,20,22,26)/t9?,14-,17?,27?/m1/s1. The number of benzene rings is 1. The largest absolute Gasteiger partial charge is 0.391 e. The first-order chi connectivity index (χ1) is 12.6. The number of nitrogens with zero attached hydrogens (tertiary/aromatic N) is 1. The van der Waals surface area contributed by atoms with E-state index in [-0.39, 0.29) is 10.6 Å². The molecule has 1 aliphatic heterocycles. The molecule has 3 unspecified atom stereocenters. The van der Waals surface area contributed by atoms with E-state index in [0.717, 1.165) is 12.1 Å². The Morgan fingerprint density at radius 2 is 2.04 bits per heavy atom. The minimum absolute atomic E-state index is 0.153. The molecule has 0 radical (unpaired) electrons. The average Bonchev–Trinajstić information content (AvgIpc) is 2.85. The maximum Gasteiger partial charge on any atom is 0.166 e. The van der Waals surface area contributed by atoms with Crippen LogP contribution in [0, 0.1) is 16.4 Å².